The molecule has 0 amide bonds. The van der Waals surface area contributed by atoms with Crippen LogP contribution in [0.3, 0.4) is 0 Å². The van der Waals surface area contributed by atoms with E-state index in [1.54, 1.807) is 13.8 Å². The minimum Gasteiger partial charge on any atom is -0.465 e. The summed E-state index contributed by atoms with van der Waals surface area (Å²) in [7, 11) is 1.15. The number of carbonyl (C=O) groups excluding carboxylic acids is 4. The second-order valence-electron chi connectivity index (χ2n) is 6.03. The van der Waals surface area contributed by atoms with Gasteiger partial charge >= 0.3 is 5.97 Å². The lowest BCUT2D eigenvalue weighted by atomic mass is 10.2. The summed E-state index contributed by atoms with van der Waals surface area (Å²) in [5.41, 5.74) is 5.68. The normalized spacial score (nSPS) is 15.6. The predicted octanol–water partition coefficient (Wildman–Crippen LogP) is 9.20. The van der Waals surface area contributed by atoms with Crippen LogP contribution in [0.5, 0.6) is 0 Å². The molecule has 0 fully saturated rings. The SMILES string of the molecule is [2H]/C(C)=C(/[2H])C=O.[2H]C(=O)/C=C/C.[2H]C([2H])([2H])/C=C/C=O.[2H]c1c([2H])c([2H])c(Br)c(C)c1[2H].[2H]c1c([2H])c([2H])c(C(=O)OC)c(Br)c1[2H].[2H]c1cc([2H])c(Cl)c([2H])c1N. The van der Waals surface area contributed by atoms with E-state index in [-0.39, 0.29) is 87.2 Å². The van der Waals surface area contributed by atoms with Gasteiger partial charge in [-0.1, -0.05) is 82.0 Å². The molecule has 0 spiro atoms. The van der Waals surface area contributed by atoms with Crippen LogP contribution < -0.4 is 5.73 Å². The highest BCUT2D eigenvalue weighted by atomic mass is 79.9. The lowest BCUT2D eigenvalue weighted by Crippen LogP contribution is -2.01. The van der Waals surface area contributed by atoms with Crippen LogP contribution in [0.4, 0.5) is 5.69 Å². The number of allylic oxidation sites excluding steroid dienone is 6. The number of rotatable bonds is 4. The highest BCUT2D eigenvalue weighted by Crippen LogP contribution is 2.16. The van der Waals surface area contributed by atoms with E-state index < -0.39 is 31.2 Å². The summed E-state index contributed by atoms with van der Waals surface area (Å²) >= 11 is 11.6. The second kappa shape index (κ2) is 31.9. The zero-order valence-corrected chi connectivity index (χ0v) is 26.7. The summed E-state index contributed by atoms with van der Waals surface area (Å²) < 4.78 is 125. The van der Waals surface area contributed by atoms with Crippen LogP contribution in [0.15, 0.2) is 118 Å². The van der Waals surface area contributed by atoms with Gasteiger partial charge < -0.3 is 10.5 Å². The number of hydrogen-bond acceptors (Lipinski definition) is 6. The Bertz CT molecular complexity index is 1900. The minimum atomic E-state index is -2.11. The number of nitrogens with two attached hydrogens (primary N) is 1. The molecule has 3 rings (SSSR count). The molecule has 3 aromatic rings. The molecule has 0 unspecified atom stereocenters. The van der Waals surface area contributed by atoms with Crippen LogP contribution in [0.2, 0.25) is 5.02 Å². The Morgan fingerprint density at radius 2 is 1.57 bits per heavy atom. The summed E-state index contributed by atoms with van der Waals surface area (Å²) in [5, 5.41) is -0.00139. The number of carbonyl (C=O) groups is 4. The Morgan fingerprint density at radius 1 is 0.952 bits per heavy atom. The number of methoxy groups -OCH3 is 1. The van der Waals surface area contributed by atoms with Crippen molar-refractivity contribution in [2.75, 3.05) is 12.8 Å². The molecule has 0 aliphatic carbocycles. The van der Waals surface area contributed by atoms with E-state index in [2.05, 4.69) is 36.6 Å². The van der Waals surface area contributed by atoms with Gasteiger partial charge in [0, 0.05) is 23.8 Å². The maximum absolute atomic E-state index is 11.3. The molecule has 0 radical (unpaired) electrons. The van der Waals surface area contributed by atoms with Gasteiger partial charge in [0.25, 0.3) is 0 Å². The van der Waals surface area contributed by atoms with Gasteiger partial charge in [0.15, 0.2) is 0 Å². The van der Waals surface area contributed by atoms with Gasteiger partial charge in [-0.2, -0.15) is 0 Å². The van der Waals surface area contributed by atoms with Gasteiger partial charge in [0.05, 0.1) is 30.5 Å². The Labute approximate surface area is 295 Å². The summed E-state index contributed by atoms with van der Waals surface area (Å²) in [6.07, 6.45) is 4.72. The van der Waals surface area contributed by atoms with Crippen molar-refractivity contribution >= 4 is 74.0 Å². The third-order valence-corrected chi connectivity index (χ3v) is 4.72. The smallest absolute Gasteiger partial charge is 0.338 e. The van der Waals surface area contributed by atoms with Crippen LogP contribution in [0.25, 0.3) is 0 Å². The number of esters is 1. The number of aldehydes is 3. The van der Waals surface area contributed by atoms with Crippen molar-refractivity contribution in [1.82, 2.24) is 0 Å². The highest BCUT2D eigenvalue weighted by molar-refractivity contribution is 9.10. The second-order valence-corrected chi connectivity index (χ2v) is 7.99. The molecule has 0 aliphatic rings. The zero-order chi connectivity index (χ0) is 47.3. The fraction of sp³-hybridized carbons (Fsp3) is 0.152. The first-order valence-electron chi connectivity index (χ1n) is 19.4. The lowest BCUT2D eigenvalue weighted by molar-refractivity contribution is -0.104. The summed E-state index contributed by atoms with van der Waals surface area (Å²) in [4.78, 5) is 40.0. The number of benzene rings is 3. The average molecular weight is 741 g/mol. The maximum atomic E-state index is 11.3. The van der Waals surface area contributed by atoms with Crippen molar-refractivity contribution < 1.29 is 47.2 Å². The molecule has 0 atom stereocenters. The molecule has 2 N–H and O–H groups in total. The Morgan fingerprint density at radius 3 is 2.02 bits per heavy atom. The third kappa shape index (κ3) is 28.0. The quantitative estimate of drug-likeness (QED) is 0.124. The first-order valence-corrected chi connectivity index (χ1v) is 12.8. The molecule has 0 saturated heterocycles. The average Bonchev–Trinajstić information content (AvgIpc) is 3.18. The van der Waals surface area contributed by atoms with Crippen LogP contribution in [0.1, 0.15) is 59.9 Å². The molecule has 0 aromatic heterocycles. The first-order chi connectivity index (χ1) is 26.9. The fourth-order valence-corrected chi connectivity index (χ4v) is 2.15. The molecule has 0 heterocycles. The summed E-state index contributed by atoms with van der Waals surface area (Å²) in [6, 6.07) is -1.14. The van der Waals surface area contributed by atoms with Crippen molar-refractivity contribution in [3.8, 4) is 0 Å². The molecule has 42 heavy (non-hydrogen) atoms. The van der Waals surface area contributed by atoms with Crippen LogP contribution in [-0.2, 0) is 19.1 Å². The molecule has 226 valence electrons. The van der Waals surface area contributed by atoms with E-state index in [4.69, 9.17) is 40.6 Å². The number of halogens is 3. The number of ether oxygens (including phenoxy) is 1. The Hall–Kier alpha value is -3.59. The minimum absolute atomic E-state index is 0.00139. The maximum Gasteiger partial charge on any atom is 0.338 e. The van der Waals surface area contributed by atoms with Gasteiger partial charge in [0.2, 0.25) is 0 Å². The Kier molecular flexibility index (Phi) is 14.9. The largest absolute Gasteiger partial charge is 0.465 e. The number of nitrogen functional groups attached to an aromatic ring is 1. The van der Waals surface area contributed by atoms with Crippen LogP contribution >= 0.6 is 43.5 Å². The van der Waals surface area contributed by atoms with Crippen molar-refractivity contribution in [3.05, 3.63) is 134 Å². The molecular weight excluding hydrogens is 686 g/mol. The summed E-state index contributed by atoms with van der Waals surface area (Å²) in [6.45, 7) is 2.64. The zero-order valence-electron chi connectivity index (χ0n) is 39.8. The molecule has 0 saturated carbocycles. The van der Waals surface area contributed by atoms with E-state index in [0.717, 1.165) is 19.3 Å². The van der Waals surface area contributed by atoms with E-state index in [0.29, 0.717) is 22.6 Å². The summed E-state index contributed by atoms with van der Waals surface area (Å²) in [5.74, 6) is -0.797. The van der Waals surface area contributed by atoms with Crippen molar-refractivity contribution in [2.45, 2.75) is 27.6 Å². The van der Waals surface area contributed by atoms with Gasteiger partial charge in [-0.05, 0) is 104 Å². The molecule has 6 nitrogen and oxygen atoms in total. The molecule has 9 heteroatoms. The van der Waals surface area contributed by atoms with Crippen molar-refractivity contribution in [2.24, 2.45) is 0 Å². The van der Waals surface area contributed by atoms with Crippen molar-refractivity contribution in [1.29, 1.82) is 0 Å². The third-order valence-electron chi connectivity index (χ3n) is 3.13. The van der Waals surface area contributed by atoms with Crippen LogP contribution in [0, 0.1) is 6.92 Å². The number of anilines is 1. The molecule has 0 bridgehead atoms. The van der Waals surface area contributed by atoms with E-state index in [1.165, 1.54) is 25.1 Å². The van der Waals surface area contributed by atoms with E-state index >= 15 is 0 Å². The van der Waals surface area contributed by atoms with Gasteiger partial charge in [-0.3, -0.25) is 14.4 Å². The van der Waals surface area contributed by atoms with Gasteiger partial charge in [-0.25, -0.2) is 4.79 Å². The number of hydrogen-bond donors (Lipinski definition) is 1. The highest BCUT2D eigenvalue weighted by Gasteiger charge is 2.07. The lowest BCUT2D eigenvalue weighted by Gasteiger charge is -1.99. The van der Waals surface area contributed by atoms with E-state index in [9.17, 15) is 19.2 Å². The van der Waals surface area contributed by atoms with Gasteiger partial charge in [-0.15, -0.1) is 0 Å². The first kappa shape index (κ1) is 19.6. The van der Waals surface area contributed by atoms with Crippen molar-refractivity contribution in [3.63, 3.8) is 0 Å². The Balaban J connectivity index is -0.000000657. The molecule has 0 aliphatic heterocycles. The molecule has 3 aromatic carbocycles. The topological polar surface area (TPSA) is 104 Å². The van der Waals surface area contributed by atoms with Crippen LogP contribution in [-0.4, -0.2) is 31.9 Å². The fourth-order valence-electron chi connectivity index (χ4n) is 1.43. The van der Waals surface area contributed by atoms with Gasteiger partial charge in [0.1, 0.15) is 20.2 Å². The predicted molar refractivity (Wildman–Crippen MR) is 183 cm³/mol. The van der Waals surface area contributed by atoms with E-state index in [1.807, 2.05) is 0 Å². The molecular formula is C33H38Br2ClNO5. The monoisotopic (exact) mass is 738 g/mol. The standard InChI is InChI=1S/C8H7BrO2.C7H7Br.C6H6ClN.3C4H6O/c1-11-8(10)6-4-2-3-5-7(6)9;1-6-4-2-3-5-7(6)8;7-5-2-1-3-6(8)4-5;3*1-2-3-4-5/h2-5H,1H3;2-5H,1H3;1-4H,8H2;3*2-4H,1H3/b;;;3*3-2+/i2*2D,3D,4D,5D;2D,3D,4D;2D,3D;4D;1D3.